The number of hydrogen-bond donors (Lipinski definition) is 1. The van der Waals surface area contributed by atoms with E-state index >= 15 is 0 Å². The number of ether oxygens (including phenoxy) is 1. The van der Waals surface area contributed by atoms with Crippen molar-refractivity contribution in [3.63, 3.8) is 0 Å². The third kappa shape index (κ3) is 4.98. The average molecular weight is 216 g/mol. The highest BCUT2D eigenvalue weighted by atomic mass is 28.3. The van der Waals surface area contributed by atoms with Gasteiger partial charge in [0.15, 0.2) is 0 Å². The minimum absolute atomic E-state index is 0.0849. The van der Waals surface area contributed by atoms with Gasteiger partial charge in [0.1, 0.15) is 0 Å². The Labute approximate surface area is 87.1 Å². The Morgan fingerprint density at radius 1 is 1.36 bits per heavy atom. The number of aliphatic hydroxyl groups excluding tert-OH is 1. The molecule has 0 radical (unpaired) electrons. The summed E-state index contributed by atoms with van der Waals surface area (Å²) >= 11 is 0. The first-order valence-corrected chi connectivity index (χ1v) is 7.55. The lowest BCUT2D eigenvalue weighted by Crippen LogP contribution is -2.21. The molecule has 0 aromatic carbocycles. The second kappa shape index (κ2) is 6.43. The number of aliphatic hydroxyl groups is 1. The monoisotopic (exact) mass is 216 g/mol. The zero-order valence-electron chi connectivity index (χ0n) is 8.87. The van der Waals surface area contributed by atoms with Crippen LogP contribution in [-0.2, 0) is 9.20 Å². The van der Waals surface area contributed by atoms with Gasteiger partial charge in [-0.25, -0.2) is 0 Å². The predicted octanol–water partition coefficient (Wildman–Crippen LogP) is 1.61. The van der Waals surface area contributed by atoms with Gasteiger partial charge >= 0.3 is 0 Å². The largest absolute Gasteiger partial charge is 0.393 e. The minimum atomic E-state index is -1.36. The highest BCUT2D eigenvalue weighted by Crippen LogP contribution is 2.24. The van der Waals surface area contributed by atoms with Crippen LogP contribution in [0.1, 0.15) is 25.7 Å². The molecule has 1 N–H and O–H groups in total. The fourth-order valence-electron chi connectivity index (χ4n) is 1.78. The molecular formula is C10H20O3Si. The molecule has 4 heteroatoms. The molecule has 0 aromatic rings. The van der Waals surface area contributed by atoms with E-state index in [1.54, 1.807) is 6.55 Å². The van der Waals surface area contributed by atoms with Crippen molar-refractivity contribution in [2.24, 2.45) is 5.92 Å². The molecule has 0 heterocycles. The quantitative estimate of drug-likeness (QED) is 0.561. The Morgan fingerprint density at radius 3 is 2.57 bits per heavy atom. The van der Waals surface area contributed by atoms with E-state index in [-0.39, 0.29) is 6.10 Å². The van der Waals surface area contributed by atoms with Crippen LogP contribution in [0.2, 0.25) is 12.6 Å². The molecule has 0 saturated heterocycles. The first-order valence-electron chi connectivity index (χ1n) is 5.43. The molecule has 0 aromatic heterocycles. The molecule has 3 nitrogen and oxygen atoms in total. The lowest BCUT2D eigenvalue weighted by molar-refractivity contribution is 0.0561. The Hall–Kier alpha value is -0.0631. The summed E-state index contributed by atoms with van der Waals surface area (Å²) in [5.74, 6) is 0.609. The van der Waals surface area contributed by atoms with Crippen LogP contribution in [0.15, 0.2) is 0 Å². The van der Waals surface area contributed by atoms with Crippen molar-refractivity contribution in [1.82, 2.24) is 0 Å². The van der Waals surface area contributed by atoms with Gasteiger partial charge in [-0.3, -0.25) is 0 Å². The van der Waals surface area contributed by atoms with Gasteiger partial charge in [-0.2, -0.15) is 0 Å². The van der Waals surface area contributed by atoms with Crippen LogP contribution >= 0.6 is 0 Å². The number of rotatable bonds is 5. The highest BCUT2D eigenvalue weighted by molar-refractivity contribution is 6.40. The maximum atomic E-state index is 10.8. The normalized spacial score (nSPS) is 27.6. The van der Waals surface area contributed by atoms with Crippen molar-refractivity contribution >= 4 is 8.68 Å². The molecule has 0 aliphatic heterocycles. The van der Waals surface area contributed by atoms with Gasteiger partial charge in [-0.15, -0.1) is 0 Å². The molecule has 82 valence electrons. The maximum absolute atomic E-state index is 10.8. The summed E-state index contributed by atoms with van der Waals surface area (Å²) in [5.41, 5.74) is 0. The van der Waals surface area contributed by atoms with Gasteiger partial charge in [0, 0.05) is 12.7 Å². The fraction of sp³-hybridized carbons (Fsp3) is 1.00. The zero-order chi connectivity index (χ0) is 10.4. The number of hydrogen-bond acceptors (Lipinski definition) is 3. The Morgan fingerprint density at radius 2 is 2.00 bits per heavy atom. The zero-order valence-corrected chi connectivity index (χ0v) is 9.87. The summed E-state index contributed by atoms with van der Waals surface area (Å²) in [7, 11) is -1.36. The second-order valence-corrected chi connectivity index (χ2v) is 6.11. The fourth-order valence-corrected chi connectivity index (χ4v) is 2.21. The van der Waals surface area contributed by atoms with Crippen molar-refractivity contribution in [3.05, 3.63) is 0 Å². The SMILES string of the molecule is C[Si](=O)CCOCC1CCC(O)CC1. The van der Waals surface area contributed by atoms with Crippen LogP contribution in [0.25, 0.3) is 0 Å². The predicted molar refractivity (Wildman–Crippen MR) is 55.9 cm³/mol. The summed E-state index contributed by atoms with van der Waals surface area (Å²) in [6.45, 7) is 3.18. The van der Waals surface area contributed by atoms with E-state index in [1.807, 2.05) is 0 Å². The van der Waals surface area contributed by atoms with Crippen molar-refractivity contribution < 1.29 is 14.3 Å². The summed E-state index contributed by atoms with van der Waals surface area (Å²) in [5, 5.41) is 9.29. The summed E-state index contributed by atoms with van der Waals surface area (Å²) in [6.07, 6.45) is 3.89. The Bertz CT molecular complexity index is 176. The minimum Gasteiger partial charge on any atom is -0.393 e. The lowest BCUT2D eigenvalue weighted by Gasteiger charge is -2.24. The van der Waals surface area contributed by atoms with E-state index in [4.69, 9.17) is 4.74 Å². The van der Waals surface area contributed by atoms with Crippen molar-refractivity contribution in [2.45, 2.75) is 44.4 Å². The Balaban J connectivity index is 1.99. The van der Waals surface area contributed by atoms with Crippen LogP contribution in [0, 0.1) is 5.92 Å². The Kier molecular flexibility index (Phi) is 5.51. The van der Waals surface area contributed by atoms with Gasteiger partial charge in [-0.1, -0.05) is 0 Å². The van der Waals surface area contributed by atoms with Crippen LogP contribution in [0.3, 0.4) is 0 Å². The second-order valence-electron chi connectivity index (χ2n) is 4.20. The van der Waals surface area contributed by atoms with Crippen LogP contribution in [0.5, 0.6) is 0 Å². The third-order valence-corrected chi connectivity index (χ3v) is 3.68. The van der Waals surface area contributed by atoms with Crippen molar-refractivity contribution in [1.29, 1.82) is 0 Å². The molecule has 1 aliphatic carbocycles. The van der Waals surface area contributed by atoms with Gasteiger partial charge in [0.25, 0.3) is 8.68 Å². The summed E-state index contributed by atoms with van der Waals surface area (Å²) in [4.78, 5) is 0. The van der Waals surface area contributed by atoms with Crippen LogP contribution in [-0.4, -0.2) is 33.1 Å². The molecule has 0 bridgehead atoms. The molecule has 1 saturated carbocycles. The maximum Gasteiger partial charge on any atom is 0.275 e. The van der Waals surface area contributed by atoms with Crippen LogP contribution in [0.4, 0.5) is 0 Å². The molecule has 1 aliphatic rings. The van der Waals surface area contributed by atoms with Gasteiger partial charge in [0.2, 0.25) is 0 Å². The topological polar surface area (TPSA) is 46.5 Å². The van der Waals surface area contributed by atoms with Crippen LogP contribution < -0.4 is 0 Å². The van der Waals surface area contributed by atoms with Gasteiger partial charge < -0.3 is 14.3 Å². The first kappa shape index (κ1) is 12.0. The van der Waals surface area contributed by atoms with E-state index in [0.29, 0.717) is 18.6 Å². The summed E-state index contributed by atoms with van der Waals surface area (Å²) < 4.78 is 16.3. The van der Waals surface area contributed by atoms with Gasteiger partial charge in [-0.05, 0) is 38.1 Å². The molecule has 0 spiro atoms. The molecule has 1 fully saturated rings. The van der Waals surface area contributed by atoms with E-state index in [2.05, 4.69) is 0 Å². The smallest absolute Gasteiger partial charge is 0.275 e. The van der Waals surface area contributed by atoms with Gasteiger partial charge in [0.05, 0.1) is 12.7 Å². The molecule has 0 unspecified atom stereocenters. The van der Waals surface area contributed by atoms with E-state index in [0.717, 1.165) is 32.3 Å². The molecule has 1 rings (SSSR count). The molecular weight excluding hydrogens is 196 g/mol. The standard InChI is InChI=1S/C10H20O3Si/c1-14(12)7-6-13-8-9-2-4-10(11)5-3-9/h9-11H,2-8H2,1H3. The first-order chi connectivity index (χ1) is 6.68. The average Bonchev–Trinajstić information content (AvgIpc) is 2.15. The molecule has 0 atom stereocenters. The van der Waals surface area contributed by atoms with E-state index in [1.165, 1.54) is 0 Å². The van der Waals surface area contributed by atoms with Crippen molar-refractivity contribution in [2.75, 3.05) is 13.2 Å². The molecule has 14 heavy (non-hydrogen) atoms. The van der Waals surface area contributed by atoms with Crippen molar-refractivity contribution in [3.8, 4) is 0 Å². The molecule has 0 amide bonds. The highest BCUT2D eigenvalue weighted by Gasteiger charge is 2.19. The third-order valence-electron chi connectivity index (χ3n) is 2.77. The summed E-state index contributed by atoms with van der Waals surface area (Å²) in [6, 6.07) is 0.708. The lowest BCUT2D eigenvalue weighted by atomic mass is 9.88. The van der Waals surface area contributed by atoms with E-state index < -0.39 is 8.68 Å². The van der Waals surface area contributed by atoms with E-state index in [9.17, 15) is 9.57 Å².